The maximum atomic E-state index is 5.48. The van der Waals surface area contributed by atoms with Gasteiger partial charge in [-0.1, -0.05) is 20.8 Å². The third kappa shape index (κ3) is 2.31. The van der Waals surface area contributed by atoms with Crippen LogP contribution < -0.4 is 5.32 Å². The highest BCUT2D eigenvalue weighted by molar-refractivity contribution is 5.17. The minimum absolute atomic E-state index is 0.226. The van der Waals surface area contributed by atoms with Crippen molar-refractivity contribution in [1.29, 1.82) is 0 Å². The van der Waals surface area contributed by atoms with Gasteiger partial charge in [-0.2, -0.15) is 5.10 Å². The van der Waals surface area contributed by atoms with Gasteiger partial charge in [-0.15, -0.1) is 0 Å². The van der Waals surface area contributed by atoms with Gasteiger partial charge < -0.3 is 10.1 Å². The summed E-state index contributed by atoms with van der Waals surface area (Å²) < 4.78 is 7.38. The van der Waals surface area contributed by atoms with Crippen molar-refractivity contribution in [3.63, 3.8) is 0 Å². The first-order chi connectivity index (χ1) is 8.48. The van der Waals surface area contributed by atoms with Crippen LogP contribution in [0, 0.1) is 5.41 Å². The molecule has 0 radical (unpaired) electrons. The van der Waals surface area contributed by atoms with E-state index in [9.17, 15) is 0 Å². The molecule has 2 unspecified atom stereocenters. The average Bonchev–Trinajstić information content (AvgIpc) is 2.68. The number of hydrogen-bond donors (Lipinski definition) is 1. The lowest BCUT2D eigenvalue weighted by Gasteiger charge is -2.51. The maximum Gasteiger partial charge on any atom is 0.0666 e. The third-order valence-corrected chi connectivity index (χ3v) is 4.33. The zero-order chi connectivity index (χ0) is 13.3. The van der Waals surface area contributed by atoms with Gasteiger partial charge in [0.05, 0.1) is 11.8 Å². The van der Waals surface area contributed by atoms with Crippen LogP contribution in [0.15, 0.2) is 6.20 Å². The first-order valence-corrected chi connectivity index (χ1v) is 6.76. The Morgan fingerprint density at radius 2 is 2.28 bits per heavy atom. The van der Waals surface area contributed by atoms with E-state index in [-0.39, 0.29) is 5.41 Å². The molecule has 1 fully saturated rings. The Morgan fingerprint density at radius 3 is 2.83 bits per heavy atom. The summed E-state index contributed by atoms with van der Waals surface area (Å²) in [6.07, 6.45) is 4.60. The predicted octanol–water partition coefficient (Wildman–Crippen LogP) is 1.89. The number of rotatable bonds is 5. The molecule has 2 atom stereocenters. The molecule has 4 heteroatoms. The molecule has 102 valence electrons. The predicted molar refractivity (Wildman–Crippen MR) is 72.4 cm³/mol. The second-order valence-electron chi connectivity index (χ2n) is 5.84. The van der Waals surface area contributed by atoms with Crippen LogP contribution in [-0.2, 0) is 24.8 Å². The van der Waals surface area contributed by atoms with Gasteiger partial charge in [-0.3, -0.25) is 4.68 Å². The molecule has 1 N–H and O–H groups in total. The highest BCUT2D eigenvalue weighted by Crippen LogP contribution is 2.42. The SMILES string of the molecule is CCc1nn(C)cc1CNC1CC(OC)C1(C)C. The minimum Gasteiger partial charge on any atom is -0.381 e. The fourth-order valence-electron chi connectivity index (χ4n) is 2.89. The Labute approximate surface area is 110 Å². The summed E-state index contributed by atoms with van der Waals surface area (Å²) in [4.78, 5) is 0. The van der Waals surface area contributed by atoms with E-state index in [0.29, 0.717) is 12.1 Å². The van der Waals surface area contributed by atoms with Crippen molar-refractivity contribution < 1.29 is 4.74 Å². The van der Waals surface area contributed by atoms with Crippen molar-refractivity contribution in [2.24, 2.45) is 12.5 Å². The number of aryl methyl sites for hydroxylation is 2. The van der Waals surface area contributed by atoms with Crippen molar-refractivity contribution in [3.05, 3.63) is 17.5 Å². The van der Waals surface area contributed by atoms with Crippen LogP contribution in [0.5, 0.6) is 0 Å². The first-order valence-electron chi connectivity index (χ1n) is 6.76. The van der Waals surface area contributed by atoms with E-state index in [1.54, 1.807) is 7.11 Å². The number of ether oxygens (including phenoxy) is 1. The van der Waals surface area contributed by atoms with Crippen LogP contribution in [0.1, 0.15) is 38.4 Å². The zero-order valence-corrected chi connectivity index (χ0v) is 12.2. The fourth-order valence-corrected chi connectivity index (χ4v) is 2.89. The fraction of sp³-hybridized carbons (Fsp3) is 0.786. The molecule has 1 aromatic rings. The molecule has 0 saturated heterocycles. The van der Waals surface area contributed by atoms with Crippen molar-refractivity contribution in [1.82, 2.24) is 15.1 Å². The summed E-state index contributed by atoms with van der Waals surface area (Å²) >= 11 is 0. The third-order valence-electron chi connectivity index (χ3n) is 4.33. The summed E-state index contributed by atoms with van der Waals surface area (Å²) in [6, 6.07) is 0.535. The molecule has 0 aliphatic heterocycles. The Balaban J connectivity index is 1.93. The molecular weight excluding hydrogens is 226 g/mol. The van der Waals surface area contributed by atoms with Crippen LogP contribution in [-0.4, -0.2) is 29.0 Å². The molecule has 1 aromatic heterocycles. The van der Waals surface area contributed by atoms with Gasteiger partial charge in [0.25, 0.3) is 0 Å². The molecule has 0 aromatic carbocycles. The number of methoxy groups -OCH3 is 1. The molecule has 18 heavy (non-hydrogen) atoms. The molecule has 2 rings (SSSR count). The van der Waals surface area contributed by atoms with E-state index in [4.69, 9.17) is 4.74 Å². The molecule has 1 aliphatic carbocycles. The second kappa shape index (κ2) is 5.02. The van der Waals surface area contributed by atoms with E-state index in [2.05, 4.69) is 37.4 Å². The monoisotopic (exact) mass is 251 g/mol. The summed E-state index contributed by atoms with van der Waals surface area (Å²) in [6.45, 7) is 7.60. The summed E-state index contributed by atoms with van der Waals surface area (Å²) in [5.41, 5.74) is 2.74. The van der Waals surface area contributed by atoms with Crippen molar-refractivity contribution in [3.8, 4) is 0 Å². The van der Waals surface area contributed by atoms with Crippen LogP contribution in [0.4, 0.5) is 0 Å². The van der Waals surface area contributed by atoms with E-state index < -0.39 is 0 Å². The summed E-state index contributed by atoms with van der Waals surface area (Å²) in [5.74, 6) is 0. The van der Waals surface area contributed by atoms with Crippen LogP contribution >= 0.6 is 0 Å². The summed E-state index contributed by atoms with van der Waals surface area (Å²) in [5, 5.41) is 8.12. The highest BCUT2D eigenvalue weighted by atomic mass is 16.5. The van der Waals surface area contributed by atoms with Gasteiger partial charge in [0.15, 0.2) is 0 Å². The van der Waals surface area contributed by atoms with Gasteiger partial charge in [-0.05, 0) is 12.8 Å². The van der Waals surface area contributed by atoms with E-state index >= 15 is 0 Å². The molecule has 0 spiro atoms. The molecule has 1 heterocycles. The average molecular weight is 251 g/mol. The van der Waals surface area contributed by atoms with Crippen molar-refractivity contribution in [2.75, 3.05) is 7.11 Å². The Bertz CT molecular complexity index is 411. The van der Waals surface area contributed by atoms with Gasteiger partial charge in [-0.25, -0.2) is 0 Å². The van der Waals surface area contributed by atoms with Gasteiger partial charge in [0.1, 0.15) is 0 Å². The van der Waals surface area contributed by atoms with Gasteiger partial charge in [0, 0.05) is 43.9 Å². The molecular formula is C14H25N3O. The standard InChI is InChI=1S/C14H25N3O/c1-6-11-10(9-17(4)16-11)8-15-12-7-13(18-5)14(12,2)3/h9,12-13,15H,6-8H2,1-5H3. The first kappa shape index (κ1) is 13.6. The number of nitrogens with one attached hydrogen (secondary N) is 1. The van der Waals surface area contributed by atoms with E-state index in [1.807, 2.05) is 11.7 Å². The van der Waals surface area contributed by atoms with E-state index in [1.165, 1.54) is 11.3 Å². The molecule has 0 amide bonds. The van der Waals surface area contributed by atoms with Crippen molar-refractivity contribution in [2.45, 2.75) is 52.3 Å². The Morgan fingerprint density at radius 1 is 1.56 bits per heavy atom. The molecule has 1 aliphatic rings. The molecule has 0 bridgehead atoms. The molecule has 4 nitrogen and oxygen atoms in total. The topological polar surface area (TPSA) is 39.1 Å². The van der Waals surface area contributed by atoms with Crippen molar-refractivity contribution >= 4 is 0 Å². The number of nitrogens with zero attached hydrogens (tertiary/aromatic N) is 2. The lowest BCUT2D eigenvalue weighted by Crippen LogP contribution is -2.60. The van der Waals surface area contributed by atoms with E-state index in [0.717, 1.165) is 19.4 Å². The minimum atomic E-state index is 0.226. The number of hydrogen-bond acceptors (Lipinski definition) is 3. The largest absolute Gasteiger partial charge is 0.381 e. The quantitative estimate of drug-likeness (QED) is 0.868. The maximum absolute atomic E-state index is 5.48. The smallest absolute Gasteiger partial charge is 0.0666 e. The normalized spacial score (nSPS) is 26.1. The van der Waals surface area contributed by atoms with Gasteiger partial charge in [0.2, 0.25) is 0 Å². The zero-order valence-electron chi connectivity index (χ0n) is 12.2. The number of aromatic nitrogens is 2. The lowest BCUT2D eigenvalue weighted by atomic mass is 9.64. The highest BCUT2D eigenvalue weighted by Gasteiger charge is 2.48. The Hall–Kier alpha value is -0.870. The Kier molecular flexibility index (Phi) is 3.78. The summed E-state index contributed by atoms with van der Waals surface area (Å²) in [7, 11) is 3.79. The molecule has 1 saturated carbocycles. The lowest BCUT2D eigenvalue weighted by molar-refractivity contribution is -0.0979. The van der Waals surface area contributed by atoms with Crippen LogP contribution in [0.25, 0.3) is 0 Å². The van der Waals surface area contributed by atoms with Gasteiger partial charge >= 0.3 is 0 Å². The second-order valence-corrected chi connectivity index (χ2v) is 5.84. The van der Waals surface area contributed by atoms with Crippen LogP contribution in [0.2, 0.25) is 0 Å². The van der Waals surface area contributed by atoms with Crippen LogP contribution in [0.3, 0.4) is 0 Å².